The van der Waals surface area contributed by atoms with Gasteiger partial charge in [-0.2, -0.15) is 0 Å². The number of fused-ring (bicyclic) bond motifs is 1. The summed E-state index contributed by atoms with van der Waals surface area (Å²) in [6, 6.07) is 0. The number of nitrogens with one attached hydrogen (secondary N) is 2. The molecule has 0 aromatic rings. The number of ether oxygens (including phenoxy) is 1. The second kappa shape index (κ2) is 4.48. The Kier molecular flexibility index (Phi) is 3.34. The third-order valence-electron chi connectivity index (χ3n) is 3.82. The van der Waals surface area contributed by atoms with Crippen LogP contribution in [0.4, 0.5) is 4.79 Å². The van der Waals surface area contributed by atoms with E-state index in [4.69, 9.17) is 4.74 Å². The number of carbonyl (C=O) groups is 1. The monoisotopic (exact) mass is 240 g/mol. The van der Waals surface area contributed by atoms with Crippen LogP contribution in [0.15, 0.2) is 0 Å². The number of alkyl carbamates (subject to hydrolysis) is 1. The summed E-state index contributed by atoms with van der Waals surface area (Å²) in [6.07, 6.45) is 4.41. The number of rotatable bonds is 1. The molecule has 1 heterocycles. The van der Waals surface area contributed by atoms with Gasteiger partial charge in [0.15, 0.2) is 0 Å². The fourth-order valence-electron chi connectivity index (χ4n) is 3.10. The first-order valence-corrected chi connectivity index (χ1v) is 6.63. The molecule has 4 nitrogen and oxygen atoms in total. The lowest BCUT2D eigenvalue weighted by Crippen LogP contribution is -2.60. The third kappa shape index (κ3) is 2.92. The third-order valence-corrected chi connectivity index (χ3v) is 3.82. The summed E-state index contributed by atoms with van der Waals surface area (Å²) in [4.78, 5) is 11.9. The lowest BCUT2D eigenvalue weighted by molar-refractivity contribution is 0.0401. The van der Waals surface area contributed by atoms with Crippen molar-refractivity contribution < 1.29 is 9.53 Å². The van der Waals surface area contributed by atoms with Crippen molar-refractivity contribution in [3.05, 3.63) is 0 Å². The lowest BCUT2D eigenvalue weighted by atomic mass is 9.82. The van der Waals surface area contributed by atoms with E-state index in [1.54, 1.807) is 0 Å². The van der Waals surface area contributed by atoms with E-state index in [1.165, 1.54) is 12.8 Å². The van der Waals surface area contributed by atoms with Gasteiger partial charge in [0.2, 0.25) is 0 Å². The molecule has 2 N–H and O–H groups in total. The molecule has 0 aromatic heterocycles. The van der Waals surface area contributed by atoms with Crippen LogP contribution < -0.4 is 10.6 Å². The number of piperidine rings is 1. The van der Waals surface area contributed by atoms with E-state index in [0.717, 1.165) is 25.9 Å². The molecule has 1 saturated carbocycles. The Hall–Kier alpha value is -0.770. The molecule has 0 bridgehead atoms. The fraction of sp³-hybridized carbons (Fsp3) is 0.923. The fourth-order valence-corrected chi connectivity index (χ4v) is 3.10. The summed E-state index contributed by atoms with van der Waals surface area (Å²) in [6.45, 7) is 7.65. The van der Waals surface area contributed by atoms with E-state index in [1.807, 2.05) is 20.8 Å². The second-order valence-corrected chi connectivity index (χ2v) is 6.34. The van der Waals surface area contributed by atoms with Crippen LogP contribution in [0.2, 0.25) is 0 Å². The molecule has 2 rings (SSSR count). The molecule has 17 heavy (non-hydrogen) atoms. The average molecular weight is 240 g/mol. The maximum absolute atomic E-state index is 11.9. The Balaban J connectivity index is 1.98. The van der Waals surface area contributed by atoms with Crippen molar-refractivity contribution in [3.8, 4) is 0 Å². The zero-order valence-corrected chi connectivity index (χ0v) is 11.1. The van der Waals surface area contributed by atoms with E-state index in [9.17, 15) is 4.79 Å². The highest BCUT2D eigenvalue weighted by Gasteiger charge is 2.45. The van der Waals surface area contributed by atoms with Crippen molar-refractivity contribution >= 4 is 6.09 Å². The predicted octanol–water partition coefficient (Wildman–Crippen LogP) is 2.04. The zero-order valence-electron chi connectivity index (χ0n) is 11.1. The van der Waals surface area contributed by atoms with Gasteiger partial charge in [-0.15, -0.1) is 0 Å². The van der Waals surface area contributed by atoms with Crippen molar-refractivity contribution in [1.29, 1.82) is 0 Å². The summed E-state index contributed by atoms with van der Waals surface area (Å²) in [7, 11) is 0. The van der Waals surface area contributed by atoms with Crippen LogP contribution in [-0.2, 0) is 4.74 Å². The molecule has 0 radical (unpaired) electrons. The van der Waals surface area contributed by atoms with Crippen LogP contribution in [0, 0.1) is 5.92 Å². The van der Waals surface area contributed by atoms with E-state index in [0.29, 0.717) is 5.92 Å². The largest absolute Gasteiger partial charge is 0.444 e. The normalized spacial score (nSPS) is 33.0. The molecule has 2 atom stereocenters. The smallest absolute Gasteiger partial charge is 0.408 e. The van der Waals surface area contributed by atoms with Crippen LogP contribution >= 0.6 is 0 Å². The topological polar surface area (TPSA) is 50.4 Å². The van der Waals surface area contributed by atoms with Crippen molar-refractivity contribution in [1.82, 2.24) is 10.6 Å². The van der Waals surface area contributed by atoms with Gasteiger partial charge in [-0.1, -0.05) is 6.42 Å². The van der Waals surface area contributed by atoms with E-state index < -0.39 is 5.60 Å². The van der Waals surface area contributed by atoms with Gasteiger partial charge in [0.1, 0.15) is 5.60 Å². The SMILES string of the molecule is CC(C)(C)OC(=O)NC12CCCC1CCNC2. The minimum Gasteiger partial charge on any atom is -0.444 e. The molecule has 1 amide bonds. The maximum Gasteiger partial charge on any atom is 0.408 e. The van der Waals surface area contributed by atoms with Crippen molar-refractivity contribution in [2.45, 2.75) is 57.6 Å². The first-order valence-electron chi connectivity index (χ1n) is 6.63. The van der Waals surface area contributed by atoms with E-state index in [2.05, 4.69) is 10.6 Å². The molecule has 0 aromatic carbocycles. The lowest BCUT2D eigenvalue weighted by Gasteiger charge is -2.40. The quantitative estimate of drug-likeness (QED) is 0.737. The summed E-state index contributed by atoms with van der Waals surface area (Å²) in [5.41, 5.74) is -0.475. The molecule has 98 valence electrons. The summed E-state index contributed by atoms with van der Waals surface area (Å²) in [5, 5.41) is 6.52. The number of hydrogen-bond donors (Lipinski definition) is 2. The van der Waals surface area contributed by atoms with Gasteiger partial charge < -0.3 is 15.4 Å². The highest BCUT2D eigenvalue weighted by molar-refractivity contribution is 5.69. The van der Waals surface area contributed by atoms with Crippen LogP contribution in [0.25, 0.3) is 0 Å². The number of amides is 1. The summed E-state index contributed by atoms with van der Waals surface area (Å²) in [5.74, 6) is 0.622. The molecule has 0 spiro atoms. The Morgan fingerprint density at radius 1 is 1.41 bits per heavy atom. The number of carbonyl (C=O) groups excluding carboxylic acids is 1. The van der Waals surface area contributed by atoms with Gasteiger partial charge in [0.05, 0.1) is 5.54 Å². The molecule has 4 heteroatoms. The maximum atomic E-state index is 11.9. The molecular formula is C13H24N2O2. The van der Waals surface area contributed by atoms with Crippen LogP contribution in [-0.4, -0.2) is 30.3 Å². The van der Waals surface area contributed by atoms with E-state index in [-0.39, 0.29) is 11.6 Å². The Morgan fingerprint density at radius 3 is 2.88 bits per heavy atom. The molecule has 2 aliphatic rings. The highest BCUT2D eigenvalue weighted by atomic mass is 16.6. The standard InChI is InChI=1S/C13H24N2O2/c1-12(2,3)17-11(16)15-13-7-4-5-10(13)6-8-14-9-13/h10,14H,4-9H2,1-3H3,(H,15,16). The molecule has 2 fully saturated rings. The van der Waals surface area contributed by atoms with Gasteiger partial charge in [-0.3, -0.25) is 0 Å². The van der Waals surface area contributed by atoms with Gasteiger partial charge in [-0.05, 0) is 52.5 Å². The average Bonchev–Trinajstić information content (AvgIpc) is 2.57. The van der Waals surface area contributed by atoms with Crippen molar-refractivity contribution in [3.63, 3.8) is 0 Å². The van der Waals surface area contributed by atoms with Gasteiger partial charge >= 0.3 is 6.09 Å². The zero-order chi connectivity index (χ0) is 12.5. The number of hydrogen-bond acceptors (Lipinski definition) is 3. The van der Waals surface area contributed by atoms with Crippen molar-refractivity contribution in [2.24, 2.45) is 5.92 Å². The molecule has 1 aliphatic carbocycles. The van der Waals surface area contributed by atoms with Crippen LogP contribution in [0.3, 0.4) is 0 Å². The van der Waals surface area contributed by atoms with Gasteiger partial charge in [0, 0.05) is 6.54 Å². The molecule has 1 saturated heterocycles. The van der Waals surface area contributed by atoms with Gasteiger partial charge in [-0.25, -0.2) is 4.79 Å². The highest BCUT2D eigenvalue weighted by Crippen LogP contribution is 2.39. The minimum atomic E-state index is -0.420. The van der Waals surface area contributed by atoms with Crippen molar-refractivity contribution in [2.75, 3.05) is 13.1 Å². The van der Waals surface area contributed by atoms with E-state index >= 15 is 0 Å². The molecular weight excluding hydrogens is 216 g/mol. The molecule has 2 unspecified atom stereocenters. The molecule has 1 aliphatic heterocycles. The summed E-state index contributed by atoms with van der Waals surface area (Å²) < 4.78 is 5.37. The summed E-state index contributed by atoms with van der Waals surface area (Å²) >= 11 is 0. The Bertz CT molecular complexity index is 298. The Labute approximate surface area is 103 Å². The van der Waals surface area contributed by atoms with Gasteiger partial charge in [0.25, 0.3) is 0 Å². The first kappa shape index (κ1) is 12.7. The van der Waals surface area contributed by atoms with Crippen LogP contribution in [0.1, 0.15) is 46.5 Å². The first-order chi connectivity index (χ1) is 7.91. The van der Waals surface area contributed by atoms with Crippen LogP contribution in [0.5, 0.6) is 0 Å². The second-order valence-electron chi connectivity index (χ2n) is 6.34. The predicted molar refractivity (Wildman–Crippen MR) is 66.9 cm³/mol. The Morgan fingerprint density at radius 2 is 2.18 bits per heavy atom. The minimum absolute atomic E-state index is 0.0550.